The summed E-state index contributed by atoms with van der Waals surface area (Å²) in [5.74, 6) is -0.307. The SMILES string of the molecule is CCCCCCCN1C(=O)CC(C(=O)Nc2ccccc2Cl)SC1=Nc1ccccc1. The Hall–Kier alpha value is -2.31. The minimum absolute atomic E-state index is 0.0665. The van der Waals surface area contributed by atoms with E-state index in [-0.39, 0.29) is 18.2 Å². The van der Waals surface area contributed by atoms with Crippen LogP contribution in [0, 0.1) is 0 Å². The molecule has 1 saturated heterocycles. The van der Waals surface area contributed by atoms with E-state index >= 15 is 0 Å². The number of carbonyl (C=O) groups is 2. The summed E-state index contributed by atoms with van der Waals surface area (Å²) in [6.45, 7) is 2.81. The average molecular weight is 458 g/mol. The molecule has 0 bridgehead atoms. The van der Waals surface area contributed by atoms with E-state index < -0.39 is 5.25 Å². The normalized spacial score (nSPS) is 17.7. The third kappa shape index (κ3) is 6.84. The number of unbranched alkanes of at least 4 members (excludes halogenated alkanes) is 4. The maximum Gasteiger partial charge on any atom is 0.238 e. The zero-order valence-electron chi connectivity index (χ0n) is 17.7. The molecule has 2 aromatic rings. The van der Waals surface area contributed by atoms with Gasteiger partial charge in [-0.15, -0.1) is 0 Å². The smallest absolute Gasteiger partial charge is 0.238 e. The van der Waals surface area contributed by atoms with Crippen LogP contribution in [-0.2, 0) is 9.59 Å². The highest BCUT2D eigenvalue weighted by molar-refractivity contribution is 8.15. The summed E-state index contributed by atoms with van der Waals surface area (Å²) in [5.41, 5.74) is 1.31. The Balaban J connectivity index is 1.74. The molecular formula is C24H28ClN3O2S. The molecule has 0 spiro atoms. The van der Waals surface area contributed by atoms with Gasteiger partial charge in [0, 0.05) is 13.0 Å². The molecule has 2 amide bonds. The highest BCUT2D eigenvalue weighted by atomic mass is 35.5. The molecule has 7 heteroatoms. The van der Waals surface area contributed by atoms with Gasteiger partial charge >= 0.3 is 0 Å². The van der Waals surface area contributed by atoms with Crippen molar-refractivity contribution in [1.29, 1.82) is 0 Å². The molecule has 1 aliphatic heterocycles. The number of anilines is 1. The van der Waals surface area contributed by atoms with Crippen molar-refractivity contribution in [3.8, 4) is 0 Å². The maximum atomic E-state index is 13.0. The van der Waals surface area contributed by atoms with Crippen molar-refractivity contribution < 1.29 is 9.59 Å². The number of thioether (sulfide) groups is 1. The van der Waals surface area contributed by atoms with Gasteiger partial charge in [0.25, 0.3) is 0 Å². The molecule has 3 rings (SSSR count). The standard InChI is InChI=1S/C24H28ClN3O2S/c1-2-3-4-5-11-16-28-22(29)17-21(23(30)27-20-15-10-9-14-19(20)25)31-24(28)26-18-12-7-6-8-13-18/h6-10,12-15,21H,2-5,11,16-17H2,1H3,(H,27,30). The number of nitrogens with one attached hydrogen (secondary N) is 1. The van der Waals surface area contributed by atoms with E-state index in [9.17, 15) is 9.59 Å². The monoisotopic (exact) mass is 457 g/mol. The second-order valence-corrected chi connectivity index (χ2v) is 9.05. The van der Waals surface area contributed by atoms with Gasteiger partial charge in [-0.2, -0.15) is 0 Å². The van der Waals surface area contributed by atoms with Crippen LogP contribution in [0.15, 0.2) is 59.6 Å². The molecule has 1 atom stereocenters. The first kappa shape index (κ1) is 23.4. The Morgan fingerprint density at radius 1 is 1.10 bits per heavy atom. The quantitative estimate of drug-likeness (QED) is 0.451. The Morgan fingerprint density at radius 2 is 1.81 bits per heavy atom. The number of rotatable bonds is 9. The van der Waals surface area contributed by atoms with Crippen LogP contribution in [0.25, 0.3) is 0 Å². The van der Waals surface area contributed by atoms with Gasteiger partial charge in [-0.1, -0.05) is 86.3 Å². The van der Waals surface area contributed by atoms with Crippen molar-refractivity contribution in [2.24, 2.45) is 4.99 Å². The molecule has 1 fully saturated rings. The summed E-state index contributed by atoms with van der Waals surface area (Å²) in [4.78, 5) is 32.3. The minimum atomic E-state index is -0.553. The van der Waals surface area contributed by atoms with E-state index in [1.54, 1.807) is 23.1 Å². The number of amides is 2. The molecule has 1 N–H and O–H groups in total. The second kappa shape index (κ2) is 11.9. The van der Waals surface area contributed by atoms with Gasteiger partial charge in [0.1, 0.15) is 5.25 Å². The summed E-state index contributed by atoms with van der Waals surface area (Å²) in [7, 11) is 0. The van der Waals surface area contributed by atoms with Crippen LogP contribution in [0.2, 0.25) is 5.02 Å². The fourth-order valence-corrected chi connectivity index (χ4v) is 4.63. The molecule has 164 valence electrons. The topological polar surface area (TPSA) is 61.8 Å². The lowest BCUT2D eigenvalue weighted by Gasteiger charge is -2.32. The Labute approximate surface area is 193 Å². The van der Waals surface area contributed by atoms with Crippen LogP contribution in [0.4, 0.5) is 11.4 Å². The Bertz CT molecular complexity index is 920. The number of para-hydroxylation sites is 2. The number of hydrogen-bond donors (Lipinski definition) is 1. The lowest BCUT2D eigenvalue weighted by molar-refractivity contribution is -0.129. The number of benzene rings is 2. The van der Waals surface area contributed by atoms with E-state index in [2.05, 4.69) is 12.2 Å². The van der Waals surface area contributed by atoms with Gasteiger partial charge in [0.15, 0.2) is 5.17 Å². The third-order valence-electron chi connectivity index (χ3n) is 5.03. The van der Waals surface area contributed by atoms with Crippen molar-refractivity contribution in [2.45, 2.75) is 50.7 Å². The highest BCUT2D eigenvalue weighted by Crippen LogP contribution is 2.31. The van der Waals surface area contributed by atoms with E-state index in [1.165, 1.54) is 31.0 Å². The minimum Gasteiger partial charge on any atom is -0.324 e. The molecule has 0 radical (unpaired) electrons. The van der Waals surface area contributed by atoms with E-state index in [4.69, 9.17) is 16.6 Å². The molecule has 31 heavy (non-hydrogen) atoms. The Kier molecular flexibility index (Phi) is 8.98. The fourth-order valence-electron chi connectivity index (χ4n) is 3.32. The summed E-state index contributed by atoms with van der Waals surface area (Å²) in [6.07, 6.45) is 5.71. The number of amidine groups is 1. The zero-order chi connectivity index (χ0) is 22.1. The van der Waals surface area contributed by atoms with Gasteiger partial charge in [0.2, 0.25) is 11.8 Å². The number of halogens is 1. The number of nitrogens with zero attached hydrogens (tertiary/aromatic N) is 2. The average Bonchev–Trinajstić information content (AvgIpc) is 2.77. The second-order valence-electron chi connectivity index (χ2n) is 7.47. The van der Waals surface area contributed by atoms with Crippen molar-refractivity contribution in [2.75, 3.05) is 11.9 Å². The van der Waals surface area contributed by atoms with E-state index in [0.717, 1.165) is 18.5 Å². The molecule has 1 unspecified atom stereocenters. The lowest BCUT2D eigenvalue weighted by Crippen LogP contribution is -2.45. The first-order valence-corrected chi connectivity index (χ1v) is 12.0. The molecule has 0 aromatic heterocycles. The molecule has 1 aliphatic rings. The third-order valence-corrected chi connectivity index (χ3v) is 6.55. The highest BCUT2D eigenvalue weighted by Gasteiger charge is 2.35. The van der Waals surface area contributed by atoms with Gasteiger partial charge in [-0.25, -0.2) is 4.99 Å². The summed E-state index contributed by atoms with van der Waals surface area (Å²) < 4.78 is 0. The largest absolute Gasteiger partial charge is 0.324 e. The predicted molar refractivity (Wildman–Crippen MR) is 130 cm³/mol. The summed E-state index contributed by atoms with van der Waals surface area (Å²) in [5, 5.41) is 3.34. The number of hydrogen-bond acceptors (Lipinski definition) is 4. The van der Waals surface area contributed by atoms with Gasteiger partial charge in [-0.05, 0) is 30.7 Å². The first-order chi connectivity index (χ1) is 15.1. The lowest BCUT2D eigenvalue weighted by atomic mass is 10.1. The predicted octanol–water partition coefficient (Wildman–Crippen LogP) is 6.27. The Morgan fingerprint density at radius 3 is 2.55 bits per heavy atom. The van der Waals surface area contributed by atoms with Crippen molar-refractivity contribution in [3.05, 3.63) is 59.6 Å². The molecule has 0 aliphatic carbocycles. The van der Waals surface area contributed by atoms with Gasteiger partial charge in [0.05, 0.1) is 16.4 Å². The van der Waals surface area contributed by atoms with E-state index in [1.807, 2.05) is 36.4 Å². The van der Waals surface area contributed by atoms with Crippen LogP contribution in [-0.4, -0.2) is 33.7 Å². The fraction of sp³-hybridized carbons (Fsp3) is 0.375. The van der Waals surface area contributed by atoms with Crippen molar-refractivity contribution >= 4 is 51.7 Å². The van der Waals surface area contributed by atoms with Gasteiger partial charge < -0.3 is 5.32 Å². The van der Waals surface area contributed by atoms with Crippen LogP contribution in [0.1, 0.15) is 45.4 Å². The van der Waals surface area contributed by atoms with Crippen LogP contribution >= 0.6 is 23.4 Å². The maximum absolute atomic E-state index is 13.0. The van der Waals surface area contributed by atoms with Crippen LogP contribution in [0.3, 0.4) is 0 Å². The molecule has 5 nitrogen and oxygen atoms in total. The molecule has 1 heterocycles. The summed E-state index contributed by atoms with van der Waals surface area (Å²) in [6, 6.07) is 16.6. The number of aliphatic imine (C=N–C) groups is 1. The number of carbonyl (C=O) groups excluding carboxylic acids is 2. The molecular weight excluding hydrogens is 430 g/mol. The van der Waals surface area contributed by atoms with Crippen LogP contribution in [0.5, 0.6) is 0 Å². The summed E-state index contributed by atoms with van der Waals surface area (Å²) >= 11 is 7.51. The molecule has 0 saturated carbocycles. The first-order valence-electron chi connectivity index (χ1n) is 10.7. The van der Waals surface area contributed by atoms with Crippen molar-refractivity contribution in [1.82, 2.24) is 4.90 Å². The van der Waals surface area contributed by atoms with Crippen LogP contribution < -0.4 is 5.32 Å². The zero-order valence-corrected chi connectivity index (χ0v) is 19.3. The molecule has 2 aromatic carbocycles. The van der Waals surface area contributed by atoms with Crippen molar-refractivity contribution in [3.63, 3.8) is 0 Å². The van der Waals surface area contributed by atoms with E-state index in [0.29, 0.717) is 22.4 Å². The van der Waals surface area contributed by atoms with Gasteiger partial charge in [-0.3, -0.25) is 14.5 Å².